The average Bonchev–Trinajstić information content (AvgIpc) is 3.48. The molecule has 0 saturated carbocycles. The van der Waals surface area contributed by atoms with Gasteiger partial charge in [-0.2, -0.15) is 0 Å². The SMILES string of the molecule is C=CCc1cc(C(C)(C)C)cc2nc(-c3ccc(-c4nc5cc(C(C)(C)C)cc(CC=C)c5o4)cc3)oc12. The zero-order valence-corrected chi connectivity index (χ0v) is 23.3. The fourth-order valence-electron chi connectivity index (χ4n) is 4.69. The van der Waals surface area contributed by atoms with Crippen LogP contribution in [0.1, 0.15) is 63.8 Å². The van der Waals surface area contributed by atoms with Gasteiger partial charge in [0.15, 0.2) is 11.2 Å². The van der Waals surface area contributed by atoms with Crippen molar-refractivity contribution in [3.8, 4) is 22.9 Å². The average molecular weight is 505 g/mol. The van der Waals surface area contributed by atoms with E-state index >= 15 is 0 Å². The standard InChI is InChI=1S/C34H36N2O2/c1-9-11-23-17-25(33(3,4)5)19-27-29(23)37-31(35-27)21-13-15-22(16-14-21)32-36-28-20-26(34(6,7)8)18-24(12-10-2)30(28)38-32/h9-10,13-20H,1-2,11-12H2,3-8H3. The summed E-state index contributed by atoms with van der Waals surface area (Å²) in [7, 11) is 0. The van der Waals surface area contributed by atoms with E-state index in [2.05, 4.69) is 79.0 Å². The number of oxazole rings is 2. The van der Waals surface area contributed by atoms with Crippen molar-refractivity contribution in [1.29, 1.82) is 0 Å². The molecule has 194 valence electrons. The lowest BCUT2D eigenvalue weighted by Crippen LogP contribution is -2.11. The molecule has 0 radical (unpaired) electrons. The van der Waals surface area contributed by atoms with Crippen LogP contribution in [0.4, 0.5) is 0 Å². The number of hydrogen-bond acceptors (Lipinski definition) is 4. The molecule has 2 aromatic heterocycles. The smallest absolute Gasteiger partial charge is 0.227 e. The molecule has 3 aromatic carbocycles. The molecule has 4 nitrogen and oxygen atoms in total. The van der Waals surface area contributed by atoms with Crippen LogP contribution in [0.3, 0.4) is 0 Å². The number of allylic oxidation sites excluding steroid dienone is 2. The van der Waals surface area contributed by atoms with Crippen LogP contribution in [-0.2, 0) is 23.7 Å². The monoisotopic (exact) mass is 504 g/mol. The highest BCUT2D eigenvalue weighted by molar-refractivity contribution is 5.82. The van der Waals surface area contributed by atoms with Crippen molar-refractivity contribution >= 4 is 22.2 Å². The van der Waals surface area contributed by atoms with Crippen LogP contribution in [0.15, 0.2) is 82.7 Å². The molecule has 0 aliphatic rings. The molecule has 5 rings (SSSR count). The van der Waals surface area contributed by atoms with Gasteiger partial charge in [0, 0.05) is 22.3 Å². The summed E-state index contributed by atoms with van der Waals surface area (Å²) >= 11 is 0. The molecule has 0 aliphatic heterocycles. The quantitative estimate of drug-likeness (QED) is 0.216. The molecule has 0 unspecified atom stereocenters. The van der Waals surface area contributed by atoms with E-state index < -0.39 is 0 Å². The highest BCUT2D eigenvalue weighted by Crippen LogP contribution is 2.35. The Morgan fingerprint density at radius 3 is 1.32 bits per heavy atom. The second-order valence-electron chi connectivity index (χ2n) is 12.1. The highest BCUT2D eigenvalue weighted by atomic mass is 16.4. The molecule has 38 heavy (non-hydrogen) atoms. The van der Waals surface area contributed by atoms with Gasteiger partial charge < -0.3 is 8.83 Å². The van der Waals surface area contributed by atoms with Gasteiger partial charge in [-0.25, -0.2) is 9.97 Å². The maximum Gasteiger partial charge on any atom is 0.227 e. The first-order valence-corrected chi connectivity index (χ1v) is 13.2. The van der Waals surface area contributed by atoms with Crippen molar-refractivity contribution in [2.75, 3.05) is 0 Å². The van der Waals surface area contributed by atoms with Crippen molar-refractivity contribution in [2.45, 2.75) is 65.2 Å². The summed E-state index contributed by atoms with van der Waals surface area (Å²) in [5.74, 6) is 1.20. The van der Waals surface area contributed by atoms with Crippen LogP contribution in [0, 0.1) is 0 Å². The van der Waals surface area contributed by atoms with Gasteiger partial charge in [-0.15, -0.1) is 13.2 Å². The zero-order valence-electron chi connectivity index (χ0n) is 23.3. The third-order valence-corrected chi connectivity index (χ3v) is 6.97. The van der Waals surface area contributed by atoms with E-state index in [4.69, 9.17) is 18.8 Å². The molecule has 5 aromatic rings. The van der Waals surface area contributed by atoms with E-state index in [1.54, 1.807) is 0 Å². The molecule has 0 N–H and O–H groups in total. The Balaban J connectivity index is 1.53. The molecule has 0 saturated heterocycles. The fraction of sp³-hybridized carbons (Fsp3) is 0.294. The summed E-state index contributed by atoms with van der Waals surface area (Å²) in [4.78, 5) is 9.71. The van der Waals surface area contributed by atoms with Gasteiger partial charge in [-0.3, -0.25) is 0 Å². The van der Waals surface area contributed by atoms with Gasteiger partial charge in [0.1, 0.15) is 11.0 Å². The lowest BCUT2D eigenvalue weighted by atomic mass is 9.85. The van der Waals surface area contributed by atoms with E-state index in [1.165, 1.54) is 11.1 Å². The van der Waals surface area contributed by atoms with Gasteiger partial charge in [-0.05, 0) is 71.2 Å². The Bertz CT molecular complexity index is 1530. The first-order chi connectivity index (χ1) is 18.0. The van der Waals surface area contributed by atoms with Gasteiger partial charge in [0.25, 0.3) is 0 Å². The van der Waals surface area contributed by atoms with E-state index in [-0.39, 0.29) is 10.8 Å². The Hall–Kier alpha value is -3.92. The van der Waals surface area contributed by atoms with Crippen molar-refractivity contribution in [3.63, 3.8) is 0 Å². The second-order valence-corrected chi connectivity index (χ2v) is 12.1. The predicted octanol–water partition coefficient (Wildman–Crippen LogP) is 9.35. The summed E-state index contributed by atoms with van der Waals surface area (Å²) in [5, 5.41) is 0. The molecule has 0 aliphatic carbocycles. The fourth-order valence-corrected chi connectivity index (χ4v) is 4.69. The van der Waals surface area contributed by atoms with Crippen molar-refractivity contribution < 1.29 is 8.83 Å². The Labute approximate surface area is 225 Å². The molecule has 0 spiro atoms. The molecular formula is C34H36N2O2. The Morgan fingerprint density at radius 2 is 1.00 bits per heavy atom. The molecule has 0 amide bonds. The van der Waals surface area contributed by atoms with E-state index in [0.29, 0.717) is 11.8 Å². The second kappa shape index (κ2) is 9.43. The number of rotatable bonds is 6. The number of nitrogens with zero attached hydrogens (tertiary/aromatic N) is 2. The molecule has 0 bridgehead atoms. The minimum Gasteiger partial charge on any atom is -0.436 e. The van der Waals surface area contributed by atoms with Crippen LogP contribution < -0.4 is 0 Å². The van der Waals surface area contributed by atoms with Crippen LogP contribution in [0.2, 0.25) is 0 Å². The Kier molecular flexibility index (Phi) is 6.38. The lowest BCUT2D eigenvalue weighted by molar-refractivity contribution is 0.588. The maximum atomic E-state index is 6.28. The lowest BCUT2D eigenvalue weighted by Gasteiger charge is -2.19. The first kappa shape index (κ1) is 25.7. The van der Waals surface area contributed by atoms with E-state index in [1.807, 2.05) is 36.4 Å². The van der Waals surface area contributed by atoms with Crippen LogP contribution in [0.25, 0.3) is 45.1 Å². The molecule has 0 atom stereocenters. The van der Waals surface area contributed by atoms with Gasteiger partial charge in [0.2, 0.25) is 11.8 Å². The van der Waals surface area contributed by atoms with Crippen molar-refractivity contribution in [2.24, 2.45) is 0 Å². The topological polar surface area (TPSA) is 52.1 Å². The third-order valence-electron chi connectivity index (χ3n) is 6.97. The minimum atomic E-state index is 0.0175. The van der Waals surface area contributed by atoms with Crippen molar-refractivity contribution in [3.05, 3.63) is 96.1 Å². The third kappa shape index (κ3) is 4.83. The first-order valence-electron chi connectivity index (χ1n) is 13.2. The summed E-state index contributed by atoms with van der Waals surface area (Å²) in [5.41, 5.74) is 9.91. The van der Waals surface area contributed by atoms with Gasteiger partial charge in [0.05, 0.1) is 0 Å². The summed E-state index contributed by atoms with van der Waals surface area (Å²) in [6.45, 7) is 21.1. The van der Waals surface area contributed by atoms with E-state index in [0.717, 1.165) is 57.3 Å². The number of hydrogen-bond donors (Lipinski definition) is 0. The summed E-state index contributed by atoms with van der Waals surface area (Å²) in [6.07, 6.45) is 5.28. The molecule has 4 heteroatoms. The van der Waals surface area contributed by atoms with Crippen LogP contribution in [-0.4, -0.2) is 9.97 Å². The molecular weight excluding hydrogens is 468 g/mol. The largest absolute Gasteiger partial charge is 0.436 e. The highest BCUT2D eigenvalue weighted by Gasteiger charge is 2.21. The number of aromatic nitrogens is 2. The maximum absolute atomic E-state index is 6.28. The van der Waals surface area contributed by atoms with Crippen LogP contribution in [0.5, 0.6) is 0 Å². The zero-order chi connectivity index (χ0) is 27.2. The predicted molar refractivity (Wildman–Crippen MR) is 158 cm³/mol. The number of benzene rings is 3. The van der Waals surface area contributed by atoms with Gasteiger partial charge >= 0.3 is 0 Å². The van der Waals surface area contributed by atoms with Crippen LogP contribution >= 0.6 is 0 Å². The normalized spacial score (nSPS) is 12.4. The van der Waals surface area contributed by atoms with Gasteiger partial charge in [-0.1, -0.05) is 65.8 Å². The van der Waals surface area contributed by atoms with Crippen molar-refractivity contribution in [1.82, 2.24) is 9.97 Å². The Morgan fingerprint density at radius 1 is 0.632 bits per heavy atom. The minimum absolute atomic E-state index is 0.0175. The summed E-state index contributed by atoms with van der Waals surface area (Å²) in [6, 6.07) is 16.7. The van der Waals surface area contributed by atoms with E-state index in [9.17, 15) is 0 Å². The molecule has 0 fully saturated rings. The number of fused-ring (bicyclic) bond motifs is 2. The molecule has 2 heterocycles. The summed E-state index contributed by atoms with van der Waals surface area (Å²) < 4.78 is 12.6.